The van der Waals surface area contributed by atoms with Crippen LogP contribution in [0.4, 0.5) is 4.39 Å². The molecule has 24 heavy (non-hydrogen) atoms. The Labute approximate surface area is 135 Å². The molecule has 7 nitrogen and oxygen atoms in total. The maximum atomic E-state index is 13.9. The van der Waals surface area contributed by atoms with E-state index < -0.39 is 5.95 Å². The SMILES string of the molecule is Fc1ncccc1Cn1nc(-c2ncccn2)cc1-c1ccon1. The van der Waals surface area contributed by atoms with Crippen LogP contribution in [0.25, 0.3) is 22.9 Å². The molecule has 4 rings (SSSR count). The van der Waals surface area contributed by atoms with E-state index in [0.717, 1.165) is 0 Å². The Balaban J connectivity index is 1.80. The molecule has 4 aromatic rings. The van der Waals surface area contributed by atoms with Crippen LogP contribution in [0.3, 0.4) is 0 Å². The second-order valence-electron chi connectivity index (χ2n) is 4.98. The Bertz CT molecular complexity index is 952. The van der Waals surface area contributed by atoms with Gasteiger partial charge in [-0.2, -0.15) is 9.49 Å². The lowest BCUT2D eigenvalue weighted by Gasteiger charge is -2.05. The first-order valence-electron chi connectivity index (χ1n) is 7.16. The summed E-state index contributed by atoms with van der Waals surface area (Å²) in [5, 5.41) is 8.42. The van der Waals surface area contributed by atoms with E-state index in [0.29, 0.717) is 28.5 Å². The summed E-state index contributed by atoms with van der Waals surface area (Å²) in [6, 6.07) is 8.57. The maximum absolute atomic E-state index is 13.9. The average molecular weight is 322 g/mol. The average Bonchev–Trinajstić information content (AvgIpc) is 3.27. The molecule has 0 atom stereocenters. The van der Waals surface area contributed by atoms with Crippen LogP contribution in [-0.4, -0.2) is 29.9 Å². The quantitative estimate of drug-likeness (QED) is 0.537. The smallest absolute Gasteiger partial charge is 0.217 e. The van der Waals surface area contributed by atoms with Crippen molar-refractivity contribution in [1.29, 1.82) is 0 Å². The van der Waals surface area contributed by atoms with Crippen LogP contribution in [0, 0.1) is 5.95 Å². The molecule has 0 aromatic carbocycles. The van der Waals surface area contributed by atoms with Crippen LogP contribution in [-0.2, 0) is 6.54 Å². The summed E-state index contributed by atoms with van der Waals surface area (Å²) < 4.78 is 20.4. The Morgan fingerprint density at radius 3 is 2.58 bits per heavy atom. The van der Waals surface area contributed by atoms with E-state index in [2.05, 4.69) is 25.2 Å². The van der Waals surface area contributed by atoms with Crippen molar-refractivity contribution in [2.45, 2.75) is 6.54 Å². The molecule has 0 unspecified atom stereocenters. The van der Waals surface area contributed by atoms with Crippen LogP contribution >= 0.6 is 0 Å². The summed E-state index contributed by atoms with van der Waals surface area (Å²) in [5.74, 6) is -0.0516. The fourth-order valence-corrected chi connectivity index (χ4v) is 2.33. The third-order valence-corrected chi connectivity index (χ3v) is 3.43. The summed E-state index contributed by atoms with van der Waals surface area (Å²) in [5.41, 5.74) is 2.26. The summed E-state index contributed by atoms with van der Waals surface area (Å²) in [6.07, 6.45) is 6.15. The highest BCUT2D eigenvalue weighted by molar-refractivity contribution is 5.62. The Kier molecular flexibility index (Phi) is 3.54. The standard InChI is InChI=1S/C16H11FN6O/c17-15-11(3-1-5-18-15)10-23-14(12-4-8-24-22-12)9-13(21-23)16-19-6-2-7-20-16/h1-9H,10H2. The van der Waals surface area contributed by atoms with E-state index in [1.54, 1.807) is 47.4 Å². The minimum atomic E-state index is -0.531. The number of nitrogens with zero attached hydrogens (tertiary/aromatic N) is 6. The van der Waals surface area contributed by atoms with E-state index in [9.17, 15) is 4.39 Å². The van der Waals surface area contributed by atoms with Crippen molar-refractivity contribution in [2.75, 3.05) is 0 Å². The molecule has 0 saturated carbocycles. The van der Waals surface area contributed by atoms with Crippen molar-refractivity contribution in [3.05, 3.63) is 66.7 Å². The molecule has 0 amide bonds. The molecule has 8 heteroatoms. The van der Waals surface area contributed by atoms with Crippen molar-refractivity contribution in [3.63, 3.8) is 0 Å². The molecule has 0 N–H and O–H groups in total. The second kappa shape index (κ2) is 5.99. The Hall–Kier alpha value is -3.42. The number of rotatable bonds is 4. The monoisotopic (exact) mass is 322 g/mol. The van der Waals surface area contributed by atoms with Crippen molar-refractivity contribution >= 4 is 0 Å². The van der Waals surface area contributed by atoms with E-state index >= 15 is 0 Å². The lowest BCUT2D eigenvalue weighted by atomic mass is 10.2. The van der Waals surface area contributed by atoms with E-state index in [1.165, 1.54) is 12.5 Å². The van der Waals surface area contributed by atoms with Crippen LogP contribution in [0.15, 0.2) is 59.7 Å². The molecule has 0 radical (unpaired) electrons. The zero-order valence-electron chi connectivity index (χ0n) is 12.4. The van der Waals surface area contributed by atoms with Crippen LogP contribution in [0.5, 0.6) is 0 Å². The first-order chi connectivity index (χ1) is 11.8. The topological polar surface area (TPSA) is 82.5 Å². The normalized spacial score (nSPS) is 10.9. The molecule has 118 valence electrons. The van der Waals surface area contributed by atoms with E-state index in [1.807, 2.05) is 0 Å². The predicted molar refractivity (Wildman–Crippen MR) is 82.0 cm³/mol. The van der Waals surface area contributed by atoms with Gasteiger partial charge in [0.25, 0.3) is 0 Å². The summed E-state index contributed by atoms with van der Waals surface area (Å²) in [4.78, 5) is 12.1. The maximum Gasteiger partial charge on any atom is 0.217 e. The van der Waals surface area contributed by atoms with Crippen molar-refractivity contribution in [1.82, 2.24) is 29.9 Å². The molecule has 4 aromatic heterocycles. The van der Waals surface area contributed by atoms with Crippen LogP contribution < -0.4 is 0 Å². The molecule has 0 saturated heterocycles. The van der Waals surface area contributed by atoms with Crippen molar-refractivity contribution < 1.29 is 8.91 Å². The lowest BCUT2D eigenvalue weighted by molar-refractivity contribution is 0.421. The zero-order valence-corrected chi connectivity index (χ0v) is 12.4. The third-order valence-electron chi connectivity index (χ3n) is 3.43. The largest absolute Gasteiger partial charge is 0.364 e. The fourth-order valence-electron chi connectivity index (χ4n) is 2.33. The van der Waals surface area contributed by atoms with Gasteiger partial charge in [-0.1, -0.05) is 11.2 Å². The molecule has 4 heterocycles. The molecular weight excluding hydrogens is 311 g/mol. The van der Waals surface area contributed by atoms with Gasteiger partial charge in [0, 0.05) is 30.2 Å². The minimum absolute atomic E-state index is 0.203. The van der Waals surface area contributed by atoms with Gasteiger partial charge in [0.1, 0.15) is 17.7 Å². The first kappa shape index (κ1) is 14.2. The van der Waals surface area contributed by atoms with Crippen LogP contribution in [0.2, 0.25) is 0 Å². The highest BCUT2D eigenvalue weighted by Gasteiger charge is 2.16. The summed E-state index contributed by atoms with van der Waals surface area (Å²) in [7, 11) is 0. The molecule has 0 fully saturated rings. The summed E-state index contributed by atoms with van der Waals surface area (Å²) >= 11 is 0. The van der Waals surface area contributed by atoms with Gasteiger partial charge in [-0.15, -0.1) is 0 Å². The van der Waals surface area contributed by atoms with E-state index in [4.69, 9.17) is 4.52 Å². The molecule has 0 spiro atoms. The Morgan fingerprint density at radius 1 is 1.00 bits per heavy atom. The highest BCUT2D eigenvalue weighted by atomic mass is 19.1. The molecule has 0 aliphatic carbocycles. The second-order valence-corrected chi connectivity index (χ2v) is 4.98. The molecule has 0 aliphatic heterocycles. The van der Waals surface area contributed by atoms with Gasteiger partial charge in [-0.25, -0.2) is 15.0 Å². The van der Waals surface area contributed by atoms with Gasteiger partial charge in [0.2, 0.25) is 5.95 Å². The van der Waals surface area contributed by atoms with Gasteiger partial charge in [-0.05, 0) is 18.2 Å². The molecule has 0 bridgehead atoms. The van der Waals surface area contributed by atoms with E-state index in [-0.39, 0.29) is 6.54 Å². The van der Waals surface area contributed by atoms with Crippen molar-refractivity contribution in [2.24, 2.45) is 0 Å². The Morgan fingerprint density at radius 2 is 1.83 bits per heavy atom. The van der Waals surface area contributed by atoms with Gasteiger partial charge >= 0.3 is 0 Å². The number of pyridine rings is 1. The number of halogens is 1. The molecular formula is C16H11FN6O. The number of hydrogen-bond donors (Lipinski definition) is 0. The lowest BCUT2D eigenvalue weighted by Crippen LogP contribution is -2.06. The van der Waals surface area contributed by atoms with Gasteiger partial charge in [-0.3, -0.25) is 4.68 Å². The minimum Gasteiger partial charge on any atom is -0.364 e. The van der Waals surface area contributed by atoms with Gasteiger partial charge in [0.15, 0.2) is 5.82 Å². The van der Waals surface area contributed by atoms with Gasteiger partial charge < -0.3 is 4.52 Å². The third kappa shape index (κ3) is 2.65. The zero-order chi connectivity index (χ0) is 16.4. The highest BCUT2D eigenvalue weighted by Crippen LogP contribution is 2.24. The predicted octanol–water partition coefficient (Wildman–Crippen LogP) is 2.58. The number of aromatic nitrogens is 6. The molecule has 0 aliphatic rings. The fraction of sp³-hybridized carbons (Fsp3) is 0.0625. The van der Waals surface area contributed by atoms with Crippen molar-refractivity contribution in [3.8, 4) is 22.9 Å². The van der Waals surface area contributed by atoms with Gasteiger partial charge in [0.05, 0.1) is 12.2 Å². The number of hydrogen-bond acceptors (Lipinski definition) is 6. The van der Waals surface area contributed by atoms with Crippen LogP contribution in [0.1, 0.15) is 5.56 Å². The summed E-state index contributed by atoms with van der Waals surface area (Å²) in [6.45, 7) is 0.203. The first-order valence-corrected chi connectivity index (χ1v) is 7.16.